The van der Waals surface area contributed by atoms with Crippen LogP contribution in [0, 0.1) is 5.82 Å². The Morgan fingerprint density at radius 3 is 2.32 bits per heavy atom. The van der Waals surface area contributed by atoms with Crippen LogP contribution in [0.25, 0.3) is 0 Å². The van der Waals surface area contributed by atoms with E-state index < -0.39 is 0 Å². The molecule has 0 amide bonds. The van der Waals surface area contributed by atoms with Gasteiger partial charge in [-0.3, -0.25) is 4.68 Å². The second kappa shape index (κ2) is 4.91. The van der Waals surface area contributed by atoms with Crippen LogP contribution in [0.5, 0.6) is 0 Å². The van der Waals surface area contributed by atoms with E-state index in [1.54, 1.807) is 16.8 Å². The quantitative estimate of drug-likeness (QED) is 0.924. The van der Waals surface area contributed by atoms with Gasteiger partial charge in [-0.2, -0.15) is 5.10 Å². The molecular weight excluding hydrogens is 243 g/mol. The van der Waals surface area contributed by atoms with Crippen LogP contribution in [0.2, 0.25) is 0 Å². The summed E-state index contributed by atoms with van der Waals surface area (Å²) in [5.74, 6) is 0.829. The van der Waals surface area contributed by atoms with Crippen molar-refractivity contribution in [3.8, 4) is 0 Å². The first-order chi connectivity index (χ1) is 8.91. The summed E-state index contributed by atoms with van der Waals surface area (Å²) in [5.41, 5.74) is 8.59. The molecule has 0 bridgehead atoms. The molecule has 1 heterocycles. The van der Waals surface area contributed by atoms with E-state index in [1.165, 1.54) is 12.1 Å². The van der Waals surface area contributed by atoms with Gasteiger partial charge >= 0.3 is 0 Å². The zero-order valence-electron chi connectivity index (χ0n) is 11.7. The summed E-state index contributed by atoms with van der Waals surface area (Å²) in [6.45, 7) is 4.11. The number of halogens is 1. The summed E-state index contributed by atoms with van der Waals surface area (Å²) >= 11 is 0. The lowest BCUT2D eigenvalue weighted by Gasteiger charge is -2.20. The average molecular weight is 262 g/mol. The molecule has 1 aromatic carbocycles. The van der Waals surface area contributed by atoms with Gasteiger partial charge in [-0.15, -0.1) is 0 Å². The largest absolute Gasteiger partial charge is 0.394 e. The van der Waals surface area contributed by atoms with Gasteiger partial charge in [0.2, 0.25) is 0 Å². The maximum absolute atomic E-state index is 13.0. The number of benzene rings is 1. The number of nitrogen functional groups attached to an aromatic ring is 1. The Hall–Kier alpha value is -2.04. The van der Waals surface area contributed by atoms with Crippen molar-refractivity contribution in [1.29, 1.82) is 0 Å². The van der Waals surface area contributed by atoms with Gasteiger partial charge in [-0.05, 0) is 30.2 Å². The highest BCUT2D eigenvalue weighted by atomic mass is 19.1. The van der Waals surface area contributed by atoms with E-state index in [2.05, 4.69) is 18.9 Å². The van der Waals surface area contributed by atoms with Gasteiger partial charge in [0.25, 0.3) is 0 Å². The van der Waals surface area contributed by atoms with Gasteiger partial charge in [0.15, 0.2) is 5.82 Å². The van der Waals surface area contributed by atoms with E-state index in [1.807, 2.05) is 19.0 Å². The topological polar surface area (TPSA) is 47.1 Å². The molecule has 19 heavy (non-hydrogen) atoms. The Morgan fingerprint density at radius 2 is 1.84 bits per heavy atom. The predicted molar refractivity (Wildman–Crippen MR) is 76.2 cm³/mol. The van der Waals surface area contributed by atoms with Crippen molar-refractivity contribution < 1.29 is 4.39 Å². The summed E-state index contributed by atoms with van der Waals surface area (Å²) in [7, 11) is 3.75. The van der Waals surface area contributed by atoms with Crippen molar-refractivity contribution in [3.63, 3.8) is 0 Å². The molecule has 0 aliphatic heterocycles. The number of nitrogens with two attached hydrogens (primary N) is 1. The molecule has 0 saturated carbocycles. The van der Waals surface area contributed by atoms with Crippen molar-refractivity contribution in [3.05, 3.63) is 35.8 Å². The van der Waals surface area contributed by atoms with Crippen molar-refractivity contribution in [2.75, 3.05) is 17.7 Å². The second-order valence-electron chi connectivity index (χ2n) is 4.94. The van der Waals surface area contributed by atoms with E-state index in [0.717, 1.165) is 17.2 Å². The van der Waals surface area contributed by atoms with Crippen molar-refractivity contribution in [2.24, 2.45) is 7.05 Å². The minimum absolute atomic E-state index is 0.252. The minimum atomic E-state index is -0.252. The SMILES string of the molecule is CC(C)c1nn(C)c(N(C)c2ccc(F)cc2)c1N. The highest BCUT2D eigenvalue weighted by Crippen LogP contribution is 2.33. The zero-order valence-corrected chi connectivity index (χ0v) is 11.7. The first-order valence-corrected chi connectivity index (χ1v) is 6.23. The highest BCUT2D eigenvalue weighted by Gasteiger charge is 2.19. The van der Waals surface area contributed by atoms with Crippen LogP contribution < -0.4 is 10.6 Å². The standard InChI is InChI=1S/C14H19FN4/c1-9(2)13-12(16)14(19(4)17-13)18(3)11-7-5-10(15)6-8-11/h5-9H,16H2,1-4H3. The highest BCUT2D eigenvalue weighted by molar-refractivity contribution is 5.73. The van der Waals surface area contributed by atoms with Crippen LogP contribution in [0.1, 0.15) is 25.5 Å². The van der Waals surface area contributed by atoms with Crippen LogP contribution in [0.3, 0.4) is 0 Å². The summed E-state index contributed by atoms with van der Waals surface area (Å²) in [5, 5.41) is 4.45. The van der Waals surface area contributed by atoms with Crippen LogP contribution in [-0.2, 0) is 7.05 Å². The summed E-state index contributed by atoms with van der Waals surface area (Å²) in [6.07, 6.45) is 0. The predicted octanol–water partition coefficient (Wildman–Crippen LogP) is 3.03. The van der Waals surface area contributed by atoms with Crippen molar-refractivity contribution in [1.82, 2.24) is 9.78 Å². The van der Waals surface area contributed by atoms with E-state index in [4.69, 9.17) is 5.73 Å². The number of nitrogens with zero attached hydrogens (tertiary/aromatic N) is 3. The molecule has 0 spiro atoms. The molecule has 2 rings (SSSR count). The average Bonchev–Trinajstić information content (AvgIpc) is 2.65. The van der Waals surface area contributed by atoms with Gasteiger partial charge in [-0.1, -0.05) is 13.8 Å². The fraction of sp³-hybridized carbons (Fsp3) is 0.357. The zero-order chi connectivity index (χ0) is 14.2. The second-order valence-corrected chi connectivity index (χ2v) is 4.94. The molecule has 2 aromatic rings. The number of hydrogen-bond donors (Lipinski definition) is 1. The molecule has 0 aliphatic rings. The van der Waals surface area contributed by atoms with Gasteiger partial charge in [-0.25, -0.2) is 4.39 Å². The normalized spacial score (nSPS) is 11.1. The molecule has 4 nitrogen and oxygen atoms in total. The molecule has 0 fully saturated rings. The molecule has 0 unspecified atom stereocenters. The number of hydrogen-bond acceptors (Lipinski definition) is 3. The number of aromatic nitrogens is 2. The first-order valence-electron chi connectivity index (χ1n) is 6.23. The Kier molecular flexibility index (Phi) is 3.46. The van der Waals surface area contributed by atoms with Gasteiger partial charge in [0.05, 0.1) is 11.4 Å². The third kappa shape index (κ3) is 2.41. The van der Waals surface area contributed by atoms with Gasteiger partial charge < -0.3 is 10.6 Å². The lowest BCUT2D eigenvalue weighted by molar-refractivity contribution is 0.628. The fourth-order valence-corrected chi connectivity index (χ4v) is 2.16. The van der Waals surface area contributed by atoms with Crippen LogP contribution in [-0.4, -0.2) is 16.8 Å². The molecule has 0 aliphatic carbocycles. The number of aryl methyl sites for hydroxylation is 1. The number of rotatable bonds is 3. The molecule has 0 radical (unpaired) electrons. The molecule has 1 aromatic heterocycles. The van der Waals surface area contributed by atoms with Crippen LogP contribution in [0.15, 0.2) is 24.3 Å². The maximum atomic E-state index is 13.0. The molecular formula is C14H19FN4. The Balaban J connectivity index is 2.44. The fourth-order valence-electron chi connectivity index (χ4n) is 2.16. The molecule has 0 saturated heterocycles. The molecule has 2 N–H and O–H groups in total. The molecule has 102 valence electrons. The van der Waals surface area contributed by atoms with Crippen molar-refractivity contribution in [2.45, 2.75) is 19.8 Å². The lowest BCUT2D eigenvalue weighted by atomic mass is 10.1. The first kappa shape index (κ1) is 13.4. The van der Waals surface area contributed by atoms with Gasteiger partial charge in [0, 0.05) is 19.8 Å². The van der Waals surface area contributed by atoms with E-state index in [-0.39, 0.29) is 11.7 Å². The van der Waals surface area contributed by atoms with Crippen molar-refractivity contribution >= 4 is 17.2 Å². The third-order valence-corrected chi connectivity index (χ3v) is 3.16. The Bertz CT molecular complexity index is 572. The van der Waals surface area contributed by atoms with E-state index in [9.17, 15) is 4.39 Å². The maximum Gasteiger partial charge on any atom is 0.154 e. The summed E-state index contributed by atoms with van der Waals surface area (Å²) < 4.78 is 14.7. The van der Waals surface area contributed by atoms with E-state index >= 15 is 0 Å². The molecule has 5 heteroatoms. The lowest BCUT2D eigenvalue weighted by Crippen LogP contribution is -2.15. The van der Waals surface area contributed by atoms with Gasteiger partial charge in [0.1, 0.15) is 5.82 Å². The van der Waals surface area contributed by atoms with Crippen LogP contribution >= 0.6 is 0 Å². The molecule has 0 atom stereocenters. The third-order valence-electron chi connectivity index (χ3n) is 3.16. The monoisotopic (exact) mass is 262 g/mol. The smallest absolute Gasteiger partial charge is 0.154 e. The Morgan fingerprint density at radius 1 is 1.26 bits per heavy atom. The number of anilines is 3. The van der Waals surface area contributed by atoms with Crippen LogP contribution in [0.4, 0.5) is 21.6 Å². The summed E-state index contributed by atoms with van der Waals surface area (Å²) in [6, 6.07) is 6.30. The Labute approximate surface area is 112 Å². The summed E-state index contributed by atoms with van der Waals surface area (Å²) in [4.78, 5) is 1.91. The minimum Gasteiger partial charge on any atom is -0.394 e. The van der Waals surface area contributed by atoms with E-state index in [0.29, 0.717) is 5.69 Å².